The molecule has 1 fully saturated rings. The van der Waals surface area contributed by atoms with E-state index in [1.165, 1.54) is 34.9 Å². The quantitative estimate of drug-likeness (QED) is 0.533. The number of nitrogens with zero attached hydrogens (tertiary/aromatic N) is 4. The van der Waals surface area contributed by atoms with Gasteiger partial charge in [0, 0.05) is 37.5 Å². The van der Waals surface area contributed by atoms with Gasteiger partial charge in [0.2, 0.25) is 0 Å². The zero-order valence-electron chi connectivity index (χ0n) is 19.1. The maximum atomic E-state index is 14.2. The lowest BCUT2D eigenvalue weighted by molar-refractivity contribution is -0.115. The number of hydrogen-bond donors (Lipinski definition) is 0. The van der Waals surface area contributed by atoms with E-state index in [-0.39, 0.29) is 48.0 Å². The number of pyridine rings is 1. The van der Waals surface area contributed by atoms with Crippen LogP contribution in [0.25, 0.3) is 5.69 Å². The highest BCUT2D eigenvalue weighted by Crippen LogP contribution is 2.64. The molecular formula is C24H19F3N4O5. The second-order valence-corrected chi connectivity index (χ2v) is 9.24. The summed E-state index contributed by atoms with van der Waals surface area (Å²) in [5.41, 5.74) is -1.67. The van der Waals surface area contributed by atoms with Crippen molar-refractivity contribution < 1.29 is 32.2 Å². The van der Waals surface area contributed by atoms with Gasteiger partial charge in [0.1, 0.15) is 22.5 Å². The molecule has 2 aromatic heterocycles. The number of benzene rings is 1. The third-order valence-electron chi connectivity index (χ3n) is 7.27. The van der Waals surface area contributed by atoms with Crippen molar-refractivity contribution in [3.8, 4) is 17.2 Å². The molecule has 2 atom stereocenters. The molecule has 3 aromatic rings. The molecule has 3 aliphatic rings. The first-order valence-corrected chi connectivity index (χ1v) is 11.1. The first kappa shape index (κ1) is 22.4. The molecule has 1 amide bonds. The standard InChI is InChI=1S/C24H19F3N4O5/c1-12-9-30(11-28-12)15-3-4-16-19(32)29(5-6-31(16)20(15)33)10-24-13-7-18(35-22(26)27)14(25)8-17(13)36-23(24,2)21(24)34/h3-4,7-9,11,22H,5-6,10H2,1-2H3/t23-,24+/m0/s1. The number of Topliss-reactive ketones (excluding diaryl/α,β-unsaturated/α-hetero) is 1. The Bertz CT molecular complexity index is 1530. The highest BCUT2D eigenvalue weighted by Gasteiger charge is 2.82. The molecule has 1 aromatic carbocycles. The van der Waals surface area contributed by atoms with Crippen LogP contribution in [0.3, 0.4) is 0 Å². The number of alkyl halides is 2. The number of aromatic nitrogens is 3. The van der Waals surface area contributed by atoms with Gasteiger partial charge in [0.25, 0.3) is 11.5 Å². The summed E-state index contributed by atoms with van der Waals surface area (Å²) in [4.78, 5) is 45.0. The molecule has 36 heavy (non-hydrogen) atoms. The van der Waals surface area contributed by atoms with Gasteiger partial charge < -0.3 is 23.5 Å². The van der Waals surface area contributed by atoms with Crippen molar-refractivity contribution in [1.29, 1.82) is 0 Å². The minimum atomic E-state index is -3.26. The van der Waals surface area contributed by atoms with Crippen LogP contribution >= 0.6 is 0 Å². The number of carbonyl (C=O) groups excluding carboxylic acids is 2. The number of hydrogen-bond acceptors (Lipinski definition) is 6. The van der Waals surface area contributed by atoms with Crippen LogP contribution in [0.2, 0.25) is 0 Å². The summed E-state index contributed by atoms with van der Waals surface area (Å²) in [6.07, 6.45) is 3.22. The van der Waals surface area contributed by atoms with Gasteiger partial charge in [0.15, 0.2) is 23.0 Å². The van der Waals surface area contributed by atoms with Crippen molar-refractivity contribution in [2.45, 2.75) is 38.0 Å². The van der Waals surface area contributed by atoms with Crippen molar-refractivity contribution in [3.05, 3.63) is 69.9 Å². The number of aryl methyl sites for hydroxylation is 1. The Morgan fingerprint density at radius 3 is 2.67 bits per heavy atom. The number of imidazole rings is 1. The van der Waals surface area contributed by atoms with Gasteiger partial charge >= 0.3 is 6.61 Å². The maximum Gasteiger partial charge on any atom is 0.387 e. The average molecular weight is 500 g/mol. The van der Waals surface area contributed by atoms with E-state index in [9.17, 15) is 27.6 Å². The minimum Gasteiger partial charge on any atom is -0.478 e. The third kappa shape index (κ3) is 2.83. The van der Waals surface area contributed by atoms with Crippen molar-refractivity contribution in [3.63, 3.8) is 0 Å². The fourth-order valence-corrected chi connectivity index (χ4v) is 5.36. The number of ketones is 1. The summed E-state index contributed by atoms with van der Waals surface area (Å²) >= 11 is 0. The van der Waals surface area contributed by atoms with E-state index in [1.54, 1.807) is 17.7 Å². The molecule has 12 heteroatoms. The molecule has 0 spiro atoms. The van der Waals surface area contributed by atoms with E-state index in [0.717, 1.165) is 17.8 Å². The fraction of sp³-hybridized carbons (Fsp3) is 0.333. The zero-order valence-corrected chi connectivity index (χ0v) is 19.1. The predicted molar refractivity (Wildman–Crippen MR) is 117 cm³/mol. The Kier molecular flexibility index (Phi) is 4.48. The van der Waals surface area contributed by atoms with Crippen LogP contribution in [0.5, 0.6) is 11.5 Å². The van der Waals surface area contributed by atoms with Crippen molar-refractivity contribution in [2.75, 3.05) is 13.1 Å². The number of amides is 1. The van der Waals surface area contributed by atoms with Gasteiger partial charge in [-0.15, -0.1) is 0 Å². The molecule has 0 N–H and O–H groups in total. The van der Waals surface area contributed by atoms with Crippen LogP contribution in [0.15, 0.2) is 41.6 Å². The zero-order chi connectivity index (χ0) is 25.6. The first-order valence-electron chi connectivity index (χ1n) is 11.1. The molecule has 0 saturated heterocycles. The van der Waals surface area contributed by atoms with Crippen molar-refractivity contribution >= 4 is 11.7 Å². The lowest BCUT2D eigenvalue weighted by Gasteiger charge is -2.32. The van der Waals surface area contributed by atoms with E-state index < -0.39 is 35.1 Å². The van der Waals surface area contributed by atoms with Gasteiger partial charge in [-0.1, -0.05) is 0 Å². The highest BCUT2D eigenvalue weighted by atomic mass is 19.3. The van der Waals surface area contributed by atoms with E-state index in [1.807, 2.05) is 0 Å². The Hall–Kier alpha value is -4.09. The van der Waals surface area contributed by atoms with Crippen molar-refractivity contribution in [1.82, 2.24) is 19.0 Å². The molecular weight excluding hydrogens is 481 g/mol. The van der Waals surface area contributed by atoms with Crippen LogP contribution in [0, 0.1) is 12.7 Å². The van der Waals surface area contributed by atoms with E-state index in [4.69, 9.17) is 4.74 Å². The summed E-state index contributed by atoms with van der Waals surface area (Å²) in [7, 11) is 0. The molecule has 1 saturated carbocycles. The molecule has 186 valence electrons. The normalized spacial score (nSPS) is 23.9. The Morgan fingerprint density at radius 1 is 1.19 bits per heavy atom. The molecule has 0 radical (unpaired) electrons. The average Bonchev–Trinajstić information content (AvgIpc) is 3.12. The van der Waals surface area contributed by atoms with Gasteiger partial charge in [0.05, 0.1) is 12.0 Å². The molecule has 2 aliphatic heterocycles. The number of halogens is 3. The summed E-state index contributed by atoms with van der Waals surface area (Å²) in [6.45, 7) is 0.242. The molecule has 0 bridgehead atoms. The van der Waals surface area contributed by atoms with Crippen molar-refractivity contribution in [2.24, 2.45) is 0 Å². The van der Waals surface area contributed by atoms with E-state index in [0.29, 0.717) is 5.69 Å². The van der Waals surface area contributed by atoms with Crippen LogP contribution in [0.4, 0.5) is 13.2 Å². The molecule has 9 nitrogen and oxygen atoms in total. The lowest BCUT2D eigenvalue weighted by atomic mass is 9.91. The lowest BCUT2D eigenvalue weighted by Crippen LogP contribution is -2.48. The summed E-state index contributed by atoms with van der Waals surface area (Å²) in [6, 6.07) is 5.02. The third-order valence-corrected chi connectivity index (χ3v) is 7.27. The molecule has 6 rings (SSSR count). The second kappa shape index (κ2) is 7.21. The van der Waals surface area contributed by atoms with Gasteiger partial charge in [-0.05, 0) is 32.0 Å². The van der Waals surface area contributed by atoms with Gasteiger partial charge in [-0.3, -0.25) is 14.4 Å². The Morgan fingerprint density at radius 2 is 1.97 bits per heavy atom. The summed E-state index contributed by atoms with van der Waals surface area (Å²) in [5.74, 6) is -2.54. The summed E-state index contributed by atoms with van der Waals surface area (Å²) in [5, 5.41) is 0. The highest BCUT2D eigenvalue weighted by molar-refractivity contribution is 6.19. The van der Waals surface area contributed by atoms with Crippen LogP contribution in [0.1, 0.15) is 28.7 Å². The SMILES string of the molecule is Cc1cn(-c2ccc3n(c2=O)CCN(C[C@@]24C(=O)[C@]2(C)Oc2cc(F)c(OC(F)F)cc24)C3=O)cn1. The first-order chi connectivity index (χ1) is 17.1. The number of fused-ring (bicyclic) bond motifs is 4. The monoisotopic (exact) mass is 500 g/mol. The molecule has 0 unspecified atom stereocenters. The smallest absolute Gasteiger partial charge is 0.387 e. The molecule has 1 aliphatic carbocycles. The predicted octanol–water partition coefficient (Wildman–Crippen LogP) is 2.21. The minimum absolute atomic E-state index is 0.0394. The van der Waals surface area contributed by atoms with Crippen LogP contribution < -0.4 is 15.0 Å². The second-order valence-electron chi connectivity index (χ2n) is 9.24. The van der Waals surface area contributed by atoms with Crippen LogP contribution in [-0.2, 0) is 16.8 Å². The Balaban J connectivity index is 1.34. The Labute approximate surface area is 201 Å². The van der Waals surface area contributed by atoms with Gasteiger partial charge in [-0.25, -0.2) is 9.37 Å². The van der Waals surface area contributed by atoms with E-state index >= 15 is 0 Å². The van der Waals surface area contributed by atoms with E-state index in [2.05, 4.69) is 9.72 Å². The molecule has 4 heterocycles. The fourth-order valence-electron chi connectivity index (χ4n) is 5.36. The van der Waals surface area contributed by atoms with Gasteiger partial charge in [-0.2, -0.15) is 8.78 Å². The summed E-state index contributed by atoms with van der Waals surface area (Å²) < 4.78 is 52.7. The number of carbonyl (C=O) groups is 2. The largest absolute Gasteiger partial charge is 0.478 e. The topological polar surface area (TPSA) is 95.7 Å². The number of rotatable bonds is 5. The van der Waals surface area contributed by atoms with Crippen LogP contribution in [-0.4, -0.2) is 56.0 Å². The number of ether oxygens (including phenoxy) is 2. The maximum absolute atomic E-state index is 14.2.